The lowest BCUT2D eigenvalue weighted by Gasteiger charge is -2.26. The first-order valence-corrected chi connectivity index (χ1v) is 11.9. The van der Waals surface area contributed by atoms with Crippen molar-refractivity contribution in [3.63, 3.8) is 0 Å². The highest BCUT2D eigenvalue weighted by Crippen LogP contribution is 2.52. The minimum atomic E-state index is 0.0159. The van der Waals surface area contributed by atoms with Gasteiger partial charge in [0.1, 0.15) is 0 Å². The fourth-order valence-electron chi connectivity index (χ4n) is 5.66. The van der Waals surface area contributed by atoms with Gasteiger partial charge in [-0.25, -0.2) is 4.79 Å². The van der Waals surface area contributed by atoms with Crippen LogP contribution in [0.3, 0.4) is 0 Å². The van der Waals surface area contributed by atoms with Crippen LogP contribution in [0.5, 0.6) is 0 Å². The molecule has 1 aliphatic carbocycles. The van der Waals surface area contributed by atoms with Gasteiger partial charge in [-0.1, -0.05) is 18.6 Å². The molecule has 1 N–H and O–H groups in total. The normalized spacial score (nSPS) is 29.3. The fourth-order valence-corrected chi connectivity index (χ4v) is 5.66. The molecule has 3 aliphatic heterocycles. The predicted octanol–water partition coefficient (Wildman–Crippen LogP) is 2.79. The number of benzene rings is 1. The summed E-state index contributed by atoms with van der Waals surface area (Å²) in [5.74, 6) is 2.49. The van der Waals surface area contributed by atoms with Crippen LogP contribution in [0.1, 0.15) is 31.2 Å². The van der Waals surface area contributed by atoms with Gasteiger partial charge in [-0.05, 0) is 67.8 Å². The van der Waals surface area contributed by atoms with E-state index in [0.29, 0.717) is 0 Å². The first kappa shape index (κ1) is 20.3. The number of hydrogen-bond donors (Lipinski definition) is 1. The highest BCUT2D eigenvalue weighted by atomic mass is 16.5. The standard InChI is InChI=1S/C24H36N4O2/c29-24-25-9-13-28(24)20-7-5-19(6-8-20)15-27-16-21-22(17-27)23(21)18-30-14-4-12-26-10-2-1-3-11-26/h5-8,21-23H,1-4,9-18H2,(H,25,29)/t21-,22?,23?/m0/s1. The van der Waals surface area contributed by atoms with Crippen molar-refractivity contribution in [1.29, 1.82) is 0 Å². The zero-order valence-corrected chi connectivity index (χ0v) is 18.1. The quantitative estimate of drug-likeness (QED) is 0.634. The molecule has 0 aromatic heterocycles. The SMILES string of the molecule is O=C1NCCN1c1ccc(CN2CC3C(COCCCN4CCCCC4)[C@H]3C2)cc1. The summed E-state index contributed by atoms with van der Waals surface area (Å²) >= 11 is 0. The van der Waals surface area contributed by atoms with Gasteiger partial charge in [0.05, 0.1) is 6.61 Å². The summed E-state index contributed by atoms with van der Waals surface area (Å²) < 4.78 is 6.03. The number of amides is 2. The van der Waals surface area contributed by atoms with Gasteiger partial charge in [0.25, 0.3) is 0 Å². The van der Waals surface area contributed by atoms with Crippen molar-refractivity contribution >= 4 is 11.7 Å². The molecule has 2 amide bonds. The van der Waals surface area contributed by atoms with Crippen molar-refractivity contribution in [2.75, 3.05) is 63.9 Å². The Labute approximate surface area is 180 Å². The van der Waals surface area contributed by atoms with Crippen LogP contribution in [0, 0.1) is 17.8 Å². The summed E-state index contributed by atoms with van der Waals surface area (Å²) in [5, 5.41) is 2.86. The van der Waals surface area contributed by atoms with Gasteiger partial charge >= 0.3 is 6.03 Å². The minimum absolute atomic E-state index is 0.0159. The molecule has 3 heterocycles. The summed E-state index contributed by atoms with van der Waals surface area (Å²) in [5.41, 5.74) is 2.33. The zero-order chi connectivity index (χ0) is 20.3. The molecule has 0 radical (unpaired) electrons. The van der Waals surface area contributed by atoms with E-state index in [1.54, 1.807) is 0 Å². The van der Waals surface area contributed by atoms with E-state index in [1.807, 2.05) is 4.90 Å². The molecule has 1 aromatic carbocycles. The van der Waals surface area contributed by atoms with E-state index in [-0.39, 0.29) is 6.03 Å². The lowest BCUT2D eigenvalue weighted by molar-refractivity contribution is 0.0967. The number of rotatable bonds is 9. The number of ether oxygens (including phenoxy) is 1. The maximum absolute atomic E-state index is 11.8. The third-order valence-corrected chi connectivity index (χ3v) is 7.48. The average Bonchev–Trinajstić information content (AvgIpc) is 3.09. The first-order chi connectivity index (χ1) is 14.8. The Hall–Kier alpha value is -1.63. The second-order valence-electron chi connectivity index (χ2n) is 9.57. The van der Waals surface area contributed by atoms with E-state index in [0.717, 1.165) is 56.3 Å². The van der Waals surface area contributed by atoms with Crippen molar-refractivity contribution in [2.24, 2.45) is 17.8 Å². The molecule has 164 valence electrons. The molecule has 4 aliphatic rings. The fraction of sp³-hybridized carbons (Fsp3) is 0.708. The van der Waals surface area contributed by atoms with Crippen LogP contribution in [-0.4, -0.2) is 74.9 Å². The molecular formula is C24H36N4O2. The molecule has 0 bridgehead atoms. The van der Waals surface area contributed by atoms with Gasteiger partial charge in [-0.3, -0.25) is 9.80 Å². The summed E-state index contributed by atoms with van der Waals surface area (Å²) in [6.07, 6.45) is 5.35. The number of hydrogen-bond acceptors (Lipinski definition) is 4. The van der Waals surface area contributed by atoms with Gasteiger partial charge in [0.2, 0.25) is 0 Å². The Morgan fingerprint density at radius 1 is 0.967 bits per heavy atom. The summed E-state index contributed by atoms with van der Waals surface area (Å²) in [6.45, 7) is 10.6. The average molecular weight is 413 g/mol. The molecule has 2 unspecified atom stereocenters. The number of nitrogens with zero attached hydrogens (tertiary/aromatic N) is 3. The van der Waals surface area contributed by atoms with Gasteiger partial charge < -0.3 is 15.0 Å². The third kappa shape index (κ3) is 4.66. The van der Waals surface area contributed by atoms with E-state index < -0.39 is 0 Å². The molecule has 4 fully saturated rings. The van der Waals surface area contributed by atoms with Crippen LogP contribution in [0.15, 0.2) is 24.3 Å². The lowest BCUT2D eigenvalue weighted by atomic mass is 10.1. The molecule has 30 heavy (non-hydrogen) atoms. The van der Waals surface area contributed by atoms with Crippen LogP contribution < -0.4 is 10.2 Å². The van der Waals surface area contributed by atoms with Gasteiger partial charge in [0, 0.05) is 51.6 Å². The number of piperidine rings is 2. The van der Waals surface area contributed by atoms with Crippen LogP contribution in [0.2, 0.25) is 0 Å². The number of carbonyl (C=O) groups is 1. The molecule has 3 saturated heterocycles. The van der Waals surface area contributed by atoms with Crippen LogP contribution >= 0.6 is 0 Å². The Kier molecular flexibility index (Phi) is 6.25. The number of anilines is 1. The smallest absolute Gasteiger partial charge is 0.321 e. The van der Waals surface area contributed by atoms with E-state index in [4.69, 9.17) is 4.74 Å². The zero-order valence-electron chi connectivity index (χ0n) is 18.1. The highest BCUT2D eigenvalue weighted by Gasteiger charge is 2.55. The molecule has 5 rings (SSSR count). The Morgan fingerprint density at radius 2 is 1.73 bits per heavy atom. The van der Waals surface area contributed by atoms with Crippen molar-refractivity contribution < 1.29 is 9.53 Å². The third-order valence-electron chi connectivity index (χ3n) is 7.48. The van der Waals surface area contributed by atoms with Crippen LogP contribution in [0.4, 0.5) is 10.5 Å². The molecule has 6 heteroatoms. The number of nitrogens with one attached hydrogen (secondary N) is 1. The maximum Gasteiger partial charge on any atom is 0.321 e. The van der Waals surface area contributed by atoms with E-state index in [2.05, 4.69) is 39.4 Å². The van der Waals surface area contributed by atoms with Gasteiger partial charge in [-0.15, -0.1) is 0 Å². The van der Waals surface area contributed by atoms with Crippen molar-refractivity contribution in [3.8, 4) is 0 Å². The predicted molar refractivity (Wildman–Crippen MR) is 119 cm³/mol. The molecule has 1 aromatic rings. The summed E-state index contributed by atoms with van der Waals surface area (Å²) in [7, 11) is 0. The molecular weight excluding hydrogens is 376 g/mol. The molecule has 0 spiro atoms. The summed E-state index contributed by atoms with van der Waals surface area (Å²) in [6, 6.07) is 8.53. The van der Waals surface area contributed by atoms with Crippen molar-refractivity contribution in [3.05, 3.63) is 29.8 Å². The number of likely N-dealkylation sites (tertiary alicyclic amines) is 2. The highest BCUT2D eigenvalue weighted by molar-refractivity contribution is 5.93. The lowest BCUT2D eigenvalue weighted by Crippen LogP contribution is -2.31. The van der Waals surface area contributed by atoms with Crippen molar-refractivity contribution in [2.45, 2.75) is 32.2 Å². The van der Waals surface area contributed by atoms with E-state index in [9.17, 15) is 4.79 Å². The molecule has 3 atom stereocenters. The minimum Gasteiger partial charge on any atom is -0.381 e. The largest absolute Gasteiger partial charge is 0.381 e. The second kappa shape index (κ2) is 9.25. The Morgan fingerprint density at radius 3 is 2.43 bits per heavy atom. The number of urea groups is 1. The number of fused-ring (bicyclic) bond motifs is 1. The Bertz CT molecular complexity index is 706. The van der Waals surface area contributed by atoms with Crippen LogP contribution in [-0.2, 0) is 11.3 Å². The van der Waals surface area contributed by atoms with Crippen LogP contribution in [0.25, 0.3) is 0 Å². The van der Waals surface area contributed by atoms with Gasteiger partial charge in [-0.2, -0.15) is 0 Å². The summed E-state index contributed by atoms with van der Waals surface area (Å²) in [4.78, 5) is 18.8. The van der Waals surface area contributed by atoms with E-state index in [1.165, 1.54) is 64.0 Å². The second-order valence-corrected chi connectivity index (χ2v) is 9.57. The Balaban J connectivity index is 0.973. The maximum atomic E-state index is 11.8. The van der Waals surface area contributed by atoms with Crippen molar-refractivity contribution in [1.82, 2.24) is 15.1 Å². The molecule has 6 nitrogen and oxygen atoms in total. The molecule has 1 saturated carbocycles. The first-order valence-electron chi connectivity index (χ1n) is 11.9. The topological polar surface area (TPSA) is 48.1 Å². The van der Waals surface area contributed by atoms with Gasteiger partial charge in [0.15, 0.2) is 0 Å². The van der Waals surface area contributed by atoms with E-state index >= 15 is 0 Å². The number of carbonyl (C=O) groups excluding carboxylic acids is 1. The monoisotopic (exact) mass is 412 g/mol.